The van der Waals surface area contributed by atoms with Gasteiger partial charge < -0.3 is 20.3 Å². The van der Waals surface area contributed by atoms with E-state index < -0.39 is 5.97 Å². The summed E-state index contributed by atoms with van der Waals surface area (Å²) in [5, 5.41) is 14.3. The molecular weight excluding hydrogens is 272 g/mol. The second-order valence-corrected chi connectivity index (χ2v) is 5.36. The van der Waals surface area contributed by atoms with Crippen LogP contribution in [0, 0.1) is 5.92 Å². The standard InChI is InChI=1S/C14H24N4O3/c1-11(2)12(9-13(19)20)17-14(21)16-5-3-4-7-18-8-6-15-10-18/h6,8,10-12H,3-5,7,9H2,1-2H3,(H,19,20)(H2,16,17,21). The highest BCUT2D eigenvalue weighted by atomic mass is 16.4. The highest BCUT2D eigenvalue weighted by Gasteiger charge is 2.18. The number of carboxylic acid groups (broad SMARTS) is 1. The Morgan fingerprint density at radius 2 is 2.10 bits per heavy atom. The van der Waals surface area contributed by atoms with Crippen molar-refractivity contribution in [2.75, 3.05) is 6.54 Å². The Hall–Kier alpha value is -2.05. The monoisotopic (exact) mass is 296 g/mol. The van der Waals surface area contributed by atoms with Gasteiger partial charge in [0.1, 0.15) is 0 Å². The van der Waals surface area contributed by atoms with Gasteiger partial charge in [-0.15, -0.1) is 0 Å². The molecule has 2 amide bonds. The van der Waals surface area contributed by atoms with Crippen molar-refractivity contribution in [1.82, 2.24) is 20.2 Å². The Bertz CT molecular complexity index is 431. The SMILES string of the molecule is CC(C)C(CC(=O)O)NC(=O)NCCCCn1ccnc1. The summed E-state index contributed by atoms with van der Waals surface area (Å²) < 4.78 is 1.99. The molecule has 3 N–H and O–H groups in total. The molecule has 0 aliphatic heterocycles. The Morgan fingerprint density at radius 3 is 2.67 bits per heavy atom. The predicted molar refractivity (Wildman–Crippen MR) is 78.9 cm³/mol. The van der Waals surface area contributed by atoms with Gasteiger partial charge in [0.05, 0.1) is 12.7 Å². The molecule has 0 saturated heterocycles. The van der Waals surface area contributed by atoms with Crippen LogP contribution in [0.3, 0.4) is 0 Å². The van der Waals surface area contributed by atoms with E-state index in [0.717, 1.165) is 19.4 Å². The number of nitrogens with one attached hydrogen (secondary N) is 2. The zero-order chi connectivity index (χ0) is 15.7. The molecule has 1 aromatic rings. The Kier molecular flexibility index (Phi) is 7.28. The lowest BCUT2D eigenvalue weighted by molar-refractivity contribution is -0.137. The zero-order valence-electron chi connectivity index (χ0n) is 12.6. The van der Waals surface area contributed by atoms with Crippen molar-refractivity contribution >= 4 is 12.0 Å². The first-order chi connectivity index (χ1) is 9.99. The molecule has 1 aromatic heterocycles. The molecule has 0 aliphatic rings. The summed E-state index contributed by atoms with van der Waals surface area (Å²) in [5.41, 5.74) is 0. The quantitative estimate of drug-likeness (QED) is 0.601. The highest BCUT2D eigenvalue weighted by Crippen LogP contribution is 2.05. The summed E-state index contributed by atoms with van der Waals surface area (Å²) in [6, 6.07) is -0.661. The van der Waals surface area contributed by atoms with E-state index in [0.29, 0.717) is 6.54 Å². The maximum absolute atomic E-state index is 11.7. The normalized spacial score (nSPS) is 12.1. The molecule has 0 aliphatic carbocycles. The van der Waals surface area contributed by atoms with E-state index in [4.69, 9.17) is 5.11 Å². The fourth-order valence-electron chi connectivity index (χ4n) is 1.90. The number of unbranched alkanes of at least 4 members (excludes halogenated alkanes) is 1. The van der Waals surface area contributed by atoms with Crippen molar-refractivity contribution in [1.29, 1.82) is 0 Å². The molecule has 1 rings (SSSR count). The second-order valence-electron chi connectivity index (χ2n) is 5.36. The topological polar surface area (TPSA) is 96.3 Å². The molecule has 0 radical (unpaired) electrons. The number of aromatic nitrogens is 2. The van der Waals surface area contributed by atoms with E-state index in [9.17, 15) is 9.59 Å². The van der Waals surface area contributed by atoms with Crippen LogP contribution < -0.4 is 10.6 Å². The molecular formula is C14H24N4O3. The molecule has 7 heteroatoms. The number of rotatable bonds is 9. The second kappa shape index (κ2) is 8.99. The number of amides is 2. The van der Waals surface area contributed by atoms with Crippen LogP contribution in [0.4, 0.5) is 4.79 Å². The number of imidazole rings is 1. The van der Waals surface area contributed by atoms with Crippen molar-refractivity contribution in [3.05, 3.63) is 18.7 Å². The maximum atomic E-state index is 11.7. The highest BCUT2D eigenvalue weighted by molar-refractivity contribution is 5.75. The Morgan fingerprint density at radius 1 is 1.33 bits per heavy atom. The smallest absolute Gasteiger partial charge is 0.315 e. The molecule has 7 nitrogen and oxygen atoms in total. The zero-order valence-corrected chi connectivity index (χ0v) is 12.6. The minimum absolute atomic E-state index is 0.0638. The van der Waals surface area contributed by atoms with Crippen LogP contribution in [0.15, 0.2) is 18.7 Å². The molecule has 0 spiro atoms. The lowest BCUT2D eigenvalue weighted by Crippen LogP contribution is -2.45. The number of urea groups is 1. The average molecular weight is 296 g/mol. The number of aryl methyl sites for hydroxylation is 1. The van der Waals surface area contributed by atoms with Crippen LogP contribution in [0.5, 0.6) is 0 Å². The van der Waals surface area contributed by atoms with Gasteiger partial charge in [0.25, 0.3) is 0 Å². The van der Waals surface area contributed by atoms with Crippen LogP contribution in [0.1, 0.15) is 33.1 Å². The van der Waals surface area contributed by atoms with Crippen LogP contribution in [-0.2, 0) is 11.3 Å². The third-order valence-corrected chi connectivity index (χ3v) is 3.20. The summed E-state index contributed by atoms with van der Waals surface area (Å²) in [4.78, 5) is 26.4. The van der Waals surface area contributed by atoms with E-state index >= 15 is 0 Å². The van der Waals surface area contributed by atoms with Gasteiger partial charge in [0.2, 0.25) is 0 Å². The van der Waals surface area contributed by atoms with Gasteiger partial charge in [0, 0.05) is 31.5 Å². The number of nitrogens with zero attached hydrogens (tertiary/aromatic N) is 2. The lowest BCUT2D eigenvalue weighted by Gasteiger charge is -2.20. The minimum atomic E-state index is -0.908. The van der Waals surface area contributed by atoms with Gasteiger partial charge in [-0.2, -0.15) is 0 Å². The van der Waals surface area contributed by atoms with Crippen LogP contribution in [0.2, 0.25) is 0 Å². The maximum Gasteiger partial charge on any atom is 0.315 e. The third-order valence-electron chi connectivity index (χ3n) is 3.20. The van der Waals surface area contributed by atoms with Gasteiger partial charge in [-0.3, -0.25) is 4.79 Å². The van der Waals surface area contributed by atoms with Crippen molar-refractivity contribution in [2.24, 2.45) is 5.92 Å². The summed E-state index contributed by atoms with van der Waals surface area (Å²) in [5.74, 6) is -0.831. The summed E-state index contributed by atoms with van der Waals surface area (Å²) in [6.07, 6.45) is 7.14. The van der Waals surface area contributed by atoms with Crippen LogP contribution in [-0.4, -0.2) is 39.2 Å². The minimum Gasteiger partial charge on any atom is -0.481 e. The number of aliphatic carboxylic acids is 1. The largest absolute Gasteiger partial charge is 0.481 e. The molecule has 21 heavy (non-hydrogen) atoms. The average Bonchev–Trinajstić information content (AvgIpc) is 2.90. The first kappa shape index (κ1) is 17.0. The first-order valence-electron chi connectivity index (χ1n) is 7.21. The van der Waals surface area contributed by atoms with Gasteiger partial charge in [-0.05, 0) is 18.8 Å². The molecule has 118 valence electrons. The molecule has 1 heterocycles. The number of carboxylic acids is 1. The van der Waals surface area contributed by atoms with Crippen molar-refractivity contribution in [2.45, 2.75) is 45.7 Å². The van der Waals surface area contributed by atoms with E-state index in [2.05, 4.69) is 15.6 Å². The number of hydrogen-bond donors (Lipinski definition) is 3. The summed E-state index contributed by atoms with van der Waals surface area (Å²) >= 11 is 0. The number of carbonyl (C=O) groups is 2. The Labute approximate surface area is 124 Å². The number of carbonyl (C=O) groups excluding carboxylic acids is 1. The third kappa shape index (κ3) is 7.34. The van der Waals surface area contributed by atoms with Gasteiger partial charge in [0.15, 0.2) is 0 Å². The fourth-order valence-corrected chi connectivity index (χ4v) is 1.90. The predicted octanol–water partition coefficient (Wildman–Crippen LogP) is 1.46. The Balaban J connectivity index is 2.15. The van der Waals surface area contributed by atoms with E-state index in [1.165, 1.54) is 0 Å². The van der Waals surface area contributed by atoms with Crippen LogP contribution >= 0.6 is 0 Å². The van der Waals surface area contributed by atoms with Gasteiger partial charge in [-0.25, -0.2) is 9.78 Å². The molecule has 0 bridgehead atoms. The molecule has 0 saturated carbocycles. The molecule has 0 fully saturated rings. The van der Waals surface area contributed by atoms with Gasteiger partial charge >= 0.3 is 12.0 Å². The first-order valence-corrected chi connectivity index (χ1v) is 7.21. The molecule has 1 atom stereocenters. The number of hydrogen-bond acceptors (Lipinski definition) is 3. The fraction of sp³-hybridized carbons (Fsp3) is 0.643. The van der Waals surface area contributed by atoms with Crippen molar-refractivity contribution < 1.29 is 14.7 Å². The summed E-state index contributed by atoms with van der Waals surface area (Å²) in [7, 11) is 0. The molecule has 0 aromatic carbocycles. The van der Waals surface area contributed by atoms with Crippen molar-refractivity contribution in [3.8, 4) is 0 Å². The van der Waals surface area contributed by atoms with E-state index in [1.807, 2.05) is 24.6 Å². The van der Waals surface area contributed by atoms with E-state index in [1.54, 1.807) is 12.5 Å². The lowest BCUT2D eigenvalue weighted by atomic mass is 10.0. The van der Waals surface area contributed by atoms with Crippen molar-refractivity contribution in [3.63, 3.8) is 0 Å². The van der Waals surface area contributed by atoms with Gasteiger partial charge in [-0.1, -0.05) is 13.8 Å². The van der Waals surface area contributed by atoms with Crippen LogP contribution in [0.25, 0.3) is 0 Å². The molecule has 1 unspecified atom stereocenters. The summed E-state index contributed by atoms with van der Waals surface area (Å²) in [6.45, 7) is 5.22. The van der Waals surface area contributed by atoms with E-state index in [-0.39, 0.29) is 24.4 Å².